The molecule has 0 radical (unpaired) electrons. The fraction of sp³-hybridized carbons (Fsp3) is 0.600. The summed E-state index contributed by atoms with van der Waals surface area (Å²) < 4.78 is 72.7. The lowest BCUT2D eigenvalue weighted by Crippen LogP contribution is -2.45. The maximum absolute atomic E-state index is 12.9. The quantitative estimate of drug-likeness (QED) is 0.531. The summed E-state index contributed by atoms with van der Waals surface area (Å²) in [7, 11) is -2.77. The highest BCUT2D eigenvalue weighted by atomic mass is 32.2. The molecule has 32 heavy (non-hydrogen) atoms. The summed E-state index contributed by atoms with van der Waals surface area (Å²) in [6.45, 7) is 4.14. The summed E-state index contributed by atoms with van der Waals surface area (Å²) in [5.74, 6) is -2.11. The summed E-state index contributed by atoms with van der Waals surface area (Å²) in [4.78, 5) is 25.7. The molecule has 1 aromatic rings. The third-order valence-electron chi connectivity index (χ3n) is 5.27. The van der Waals surface area contributed by atoms with E-state index in [1.54, 1.807) is 18.7 Å². The topological polar surface area (TPSA) is 93.2 Å². The minimum absolute atomic E-state index is 0.0488. The molecule has 0 saturated carbocycles. The van der Waals surface area contributed by atoms with E-state index < -0.39 is 39.9 Å². The normalized spacial score (nSPS) is 16.9. The highest BCUT2D eigenvalue weighted by molar-refractivity contribution is 7.89. The van der Waals surface area contributed by atoms with E-state index in [-0.39, 0.29) is 43.3 Å². The van der Waals surface area contributed by atoms with Crippen LogP contribution in [0.5, 0.6) is 5.75 Å². The molecular weight excluding hydrogens is 453 g/mol. The van der Waals surface area contributed by atoms with E-state index in [9.17, 15) is 31.2 Å². The Kier molecular flexibility index (Phi) is 8.52. The molecule has 1 aromatic carbocycles. The van der Waals surface area contributed by atoms with E-state index in [4.69, 9.17) is 0 Å². The number of benzene rings is 1. The first-order valence-corrected chi connectivity index (χ1v) is 11.6. The number of halogens is 3. The van der Waals surface area contributed by atoms with Crippen LogP contribution in [0.25, 0.3) is 0 Å². The van der Waals surface area contributed by atoms with Gasteiger partial charge in [0.2, 0.25) is 15.9 Å². The molecular formula is C20H27F3N2O6S. The van der Waals surface area contributed by atoms with E-state index in [0.717, 1.165) is 16.4 Å². The van der Waals surface area contributed by atoms with Crippen molar-refractivity contribution >= 4 is 21.9 Å². The summed E-state index contributed by atoms with van der Waals surface area (Å²) in [6, 6.07) is 4.22. The van der Waals surface area contributed by atoms with Gasteiger partial charge >= 0.3 is 12.3 Å². The van der Waals surface area contributed by atoms with Gasteiger partial charge in [-0.3, -0.25) is 9.59 Å². The molecule has 180 valence electrons. The van der Waals surface area contributed by atoms with E-state index in [1.807, 2.05) is 0 Å². The van der Waals surface area contributed by atoms with Crippen LogP contribution in [0.1, 0.15) is 26.7 Å². The van der Waals surface area contributed by atoms with Crippen LogP contribution in [-0.2, 0) is 24.3 Å². The second-order valence-corrected chi connectivity index (χ2v) is 9.44. The zero-order chi connectivity index (χ0) is 24.1. The van der Waals surface area contributed by atoms with Crippen molar-refractivity contribution in [1.82, 2.24) is 9.21 Å². The van der Waals surface area contributed by atoms with E-state index in [0.29, 0.717) is 6.54 Å². The third-order valence-corrected chi connectivity index (χ3v) is 7.17. The highest BCUT2D eigenvalue weighted by Gasteiger charge is 2.35. The Bertz CT molecular complexity index is 914. The number of esters is 1. The van der Waals surface area contributed by atoms with Crippen molar-refractivity contribution in [3.8, 4) is 5.75 Å². The molecule has 1 aliphatic heterocycles. The number of piperidine rings is 1. The zero-order valence-corrected chi connectivity index (χ0v) is 18.9. The summed E-state index contributed by atoms with van der Waals surface area (Å²) in [5, 5.41) is 0. The van der Waals surface area contributed by atoms with Gasteiger partial charge in [-0.25, -0.2) is 8.42 Å². The van der Waals surface area contributed by atoms with Gasteiger partial charge in [0.05, 0.1) is 17.9 Å². The first-order valence-electron chi connectivity index (χ1n) is 10.1. The van der Waals surface area contributed by atoms with Crippen molar-refractivity contribution in [2.75, 3.05) is 33.3 Å². The van der Waals surface area contributed by atoms with Gasteiger partial charge in [0.15, 0.2) is 0 Å². The Hall–Kier alpha value is -2.34. The molecule has 1 unspecified atom stereocenters. The van der Waals surface area contributed by atoms with Gasteiger partial charge in [0.25, 0.3) is 0 Å². The number of alkyl halides is 3. The number of rotatable bonds is 8. The molecule has 1 atom stereocenters. The summed E-state index contributed by atoms with van der Waals surface area (Å²) >= 11 is 0. The largest absolute Gasteiger partial charge is 0.573 e. The van der Waals surface area contributed by atoms with Gasteiger partial charge in [-0.1, -0.05) is 13.0 Å². The van der Waals surface area contributed by atoms with Crippen molar-refractivity contribution in [3.05, 3.63) is 24.3 Å². The molecule has 1 heterocycles. The van der Waals surface area contributed by atoms with E-state index in [2.05, 4.69) is 9.47 Å². The average molecular weight is 481 g/mol. The van der Waals surface area contributed by atoms with Crippen molar-refractivity contribution in [3.63, 3.8) is 0 Å². The Balaban J connectivity index is 2.04. The number of sulfonamides is 1. The standard InChI is InChI=1S/C20H27F3N2O6S/c1-4-24(13-14(2)19(27)30-3)18(26)15-8-10-25(11-9-15)32(28,29)17-7-5-6-16(12-17)31-20(21,22)23/h5-7,12,14-15H,4,8-11,13H2,1-3H3. The Morgan fingerprint density at radius 2 is 1.88 bits per heavy atom. The van der Waals surface area contributed by atoms with Crippen LogP contribution in [0.2, 0.25) is 0 Å². The number of carbonyl (C=O) groups is 2. The van der Waals surface area contributed by atoms with E-state index in [1.165, 1.54) is 19.2 Å². The first-order chi connectivity index (χ1) is 14.9. The number of ether oxygens (including phenoxy) is 2. The lowest BCUT2D eigenvalue weighted by molar-refractivity contribution is -0.274. The second-order valence-electron chi connectivity index (χ2n) is 7.50. The van der Waals surface area contributed by atoms with Crippen LogP contribution in [0.4, 0.5) is 13.2 Å². The third kappa shape index (κ3) is 6.58. The molecule has 0 N–H and O–H groups in total. The van der Waals surface area contributed by atoms with Crippen LogP contribution in [0, 0.1) is 11.8 Å². The van der Waals surface area contributed by atoms with Gasteiger partial charge < -0.3 is 14.4 Å². The molecule has 2 rings (SSSR count). The predicted octanol–water partition coefficient (Wildman–Crippen LogP) is 2.64. The number of nitrogens with zero attached hydrogens (tertiary/aromatic N) is 2. The molecule has 0 aliphatic carbocycles. The molecule has 1 aliphatic rings. The molecule has 0 aromatic heterocycles. The van der Waals surface area contributed by atoms with Crippen molar-refractivity contribution in [1.29, 1.82) is 0 Å². The van der Waals surface area contributed by atoms with Crippen molar-refractivity contribution in [2.24, 2.45) is 11.8 Å². The Morgan fingerprint density at radius 3 is 2.41 bits per heavy atom. The fourth-order valence-corrected chi connectivity index (χ4v) is 5.07. The number of amides is 1. The molecule has 1 saturated heterocycles. The van der Waals surface area contributed by atoms with Crippen LogP contribution in [0.15, 0.2) is 29.2 Å². The van der Waals surface area contributed by atoms with Gasteiger partial charge in [-0.2, -0.15) is 4.31 Å². The van der Waals surface area contributed by atoms with Crippen LogP contribution >= 0.6 is 0 Å². The lowest BCUT2D eigenvalue weighted by atomic mass is 9.96. The summed E-state index contributed by atoms with van der Waals surface area (Å²) in [5.41, 5.74) is 0. The first kappa shape index (κ1) is 25.9. The predicted molar refractivity (Wildman–Crippen MR) is 108 cm³/mol. The molecule has 1 amide bonds. The van der Waals surface area contributed by atoms with Crippen LogP contribution in [0.3, 0.4) is 0 Å². The minimum atomic E-state index is -4.93. The van der Waals surface area contributed by atoms with Gasteiger partial charge in [-0.05, 0) is 31.9 Å². The number of methoxy groups -OCH3 is 1. The fourth-order valence-electron chi connectivity index (χ4n) is 3.56. The lowest BCUT2D eigenvalue weighted by Gasteiger charge is -2.34. The maximum Gasteiger partial charge on any atom is 0.573 e. The van der Waals surface area contributed by atoms with Crippen LogP contribution in [-0.4, -0.2) is 69.2 Å². The molecule has 0 bridgehead atoms. The van der Waals surface area contributed by atoms with Crippen LogP contribution < -0.4 is 4.74 Å². The van der Waals surface area contributed by atoms with E-state index >= 15 is 0 Å². The molecule has 12 heteroatoms. The number of carbonyl (C=O) groups excluding carboxylic acids is 2. The smallest absolute Gasteiger partial charge is 0.469 e. The zero-order valence-electron chi connectivity index (χ0n) is 18.1. The van der Waals surface area contributed by atoms with Gasteiger partial charge in [0, 0.05) is 38.2 Å². The number of hydrogen-bond acceptors (Lipinski definition) is 6. The second kappa shape index (κ2) is 10.5. The number of hydrogen-bond donors (Lipinski definition) is 0. The van der Waals surface area contributed by atoms with Crippen molar-refractivity contribution < 1.29 is 40.7 Å². The van der Waals surface area contributed by atoms with Crippen molar-refractivity contribution in [2.45, 2.75) is 37.9 Å². The maximum atomic E-state index is 12.9. The molecule has 0 spiro atoms. The molecule has 8 nitrogen and oxygen atoms in total. The average Bonchev–Trinajstić information content (AvgIpc) is 2.75. The Morgan fingerprint density at radius 1 is 1.25 bits per heavy atom. The minimum Gasteiger partial charge on any atom is -0.469 e. The monoisotopic (exact) mass is 480 g/mol. The SMILES string of the molecule is CCN(CC(C)C(=O)OC)C(=O)C1CCN(S(=O)(=O)c2cccc(OC(F)(F)F)c2)CC1. The highest BCUT2D eigenvalue weighted by Crippen LogP contribution is 2.29. The molecule has 1 fully saturated rings. The van der Waals surface area contributed by atoms with Gasteiger partial charge in [0.1, 0.15) is 5.75 Å². The Labute approximate surface area is 185 Å². The summed E-state index contributed by atoms with van der Waals surface area (Å²) in [6.07, 6.45) is -4.41. The van der Waals surface area contributed by atoms with Gasteiger partial charge in [-0.15, -0.1) is 13.2 Å².